The standard InChI is InChI=1S/C18H28N2O2/c1-3-7-17(18(21)22)19-16-10-14(2)11-20(13-16)12-15-8-5-4-6-9-15/h4-6,8-9,14,16-17,19H,3,7,10-13H2,1-2H3,(H,21,22). The Bertz CT molecular complexity index is 463. The summed E-state index contributed by atoms with van der Waals surface area (Å²) < 4.78 is 0. The lowest BCUT2D eigenvalue weighted by atomic mass is 9.94. The maximum Gasteiger partial charge on any atom is 0.320 e. The van der Waals surface area contributed by atoms with Crippen molar-refractivity contribution in [2.45, 2.75) is 51.7 Å². The number of likely N-dealkylation sites (tertiary alicyclic amines) is 1. The van der Waals surface area contributed by atoms with E-state index in [1.54, 1.807) is 0 Å². The molecule has 0 saturated carbocycles. The molecule has 3 unspecified atom stereocenters. The van der Waals surface area contributed by atoms with Crippen LogP contribution >= 0.6 is 0 Å². The maximum absolute atomic E-state index is 11.3. The third-order valence-electron chi connectivity index (χ3n) is 4.30. The maximum atomic E-state index is 11.3. The number of piperidine rings is 1. The van der Waals surface area contributed by atoms with E-state index in [4.69, 9.17) is 0 Å². The van der Waals surface area contributed by atoms with Crippen LogP contribution in [0.2, 0.25) is 0 Å². The highest BCUT2D eigenvalue weighted by molar-refractivity contribution is 5.73. The van der Waals surface area contributed by atoms with E-state index in [0.717, 1.165) is 32.5 Å². The van der Waals surface area contributed by atoms with Crippen molar-refractivity contribution in [3.05, 3.63) is 35.9 Å². The number of rotatable bonds is 7. The minimum absolute atomic E-state index is 0.264. The zero-order valence-corrected chi connectivity index (χ0v) is 13.7. The molecular weight excluding hydrogens is 276 g/mol. The normalized spacial score (nSPS) is 24.1. The Balaban J connectivity index is 1.94. The molecule has 1 aliphatic heterocycles. The Hall–Kier alpha value is -1.39. The molecule has 1 aliphatic rings. The topological polar surface area (TPSA) is 52.6 Å². The first kappa shape index (κ1) is 17.0. The second-order valence-electron chi connectivity index (χ2n) is 6.56. The summed E-state index contributed by atoms with van der Waals surface area (Å²) in [6.07, 6.45) is 2.64. The first-order valence-electron chi connectivity index (χ1n) is 8.33. The van der Waals surface area contributed by atoms with E-state index in [0.29, 0.717) is 12.3 Å². The zero-order chi connectivity index (χ0) is 15.9. The number of carboxylic acid groups (broad SMARTS) is 1. The smallest absolute Gasteiger partial charge is 0.320 e. The van der Waals surface area contributed by atoms with Gasteiger partial charge in [-0.3, -0.25) is 9.69 Å². The van der Waals surface area contributed by atoms with Crippen LogP contribution in [0.4, 0.5) is 0 Å². The summed E-state index contributed by atoms with van der Waals surface area (Å²) in [7, 11) is 0. The van der Waals surface area contributed by atoms with Gasteiger partial charge in [-0.2, -0.15) is 0 Å². The molecule has 122 valence electrons. The number of hydrogen-bond acceptors (Lipinski definition) is 3. The van der Waals surface area contributed by atoms with E-state index in [1.165, 1.54) is 5.56 Å². The Labute approximate surface area is 133 Å². The lowest BCUT2D eigenvalue weighted by Gasteiger charge is -2.38. The van der Waals surface area contributed by atoms with Crippen LogP contribution in [-0.4, -0.2) is 41.1 Å². The molecule has 3 atom stereocenters. The summed E-state index contributed by atoms with van der Waals surface area (Å²) in [5, 5.41) is 12.7. The minimum atomic E-state index is -0.727. The number of nitrogens with zero attached hydrogens (tertiary/aromatic N) is 1. The van der Waals surface area contributed by atoms with Gasteiger partial charge >= 0.3 is 5.97 Å². The molecule has 0 amide bonds. The van der Waals surface area contributed by atoms with Gasteiger partial charge in [-0.1, -0.05) is 50.6 Å². The van der Waals surface area contributed by atoms with Crippen molar-refractivity contribution in [3.8, 4) is 0 Å². The highest BCUT2D eigenvalue weighted by Crippen LogP contribution is 2.19. The quantitative estimate of drug-likeness (QED) is 0.813. The summed E-state index contributed by atoms with van der Waals surface area (Å²) >= 11 is 0. The van der Waals surface area contributed by atoms with E-state index in [9.17, 15) is 9.90 Å². The largest absolute Gasteiger partial charge is 0.480 e. The lowest BCUT2D eigenvalue weighted by molar-refractivity contribution is -0.140. The van der Waals surface area contributed by atoms with Crippen molar-refractivity contribution in [2.75, 3.05) is 13.1 Å². The second-order valence-corrected chi connectivity index (χ2v) is 6.56. The average Bonchev–Trinajstić information content (AvgIpc) is 2.47. The summed E-state index contributed by atoms with van der Waals surface area (Å²) in [6.45, 7) is 7.23. The summed E-state index contributed by atoms with van der Waals surface area (Å²) in [4.78, 5) is 13.8. The van der Waals surface area contributed by atoms with Gasteiger partial charge in [-0.25, -0.2) is 0 Å². The predicted octanol–water partition coefficient (Wildman–Crippen LogP) is 2.74. The van der Waals surface area contributed by atoms with Crippen LogP contribution in [0, 0.1) is 5.92 Å². The van der Waals surface area contributed by atoms with Crippen LogP contribution in [-0.2, 0) is 11.3 Å². The van der Waals surface area contributed by atoms with Gasteiger partial charge in [0.2, 0.25) is 0 Å². The number of hydrogen-bond donors (Lipinski definition) is 2. The summed E-state index contributed by atoms with van der Waals surface area (Å²) in [5.41, 5.74) is 1.32. The van der Waals surface area contributed by atoms with Crippen LogP contribution in [0.5, 0.6) is 0 Å². The number of benzene rings is 1. The lowest BCUT2D eigenvalue weighted by Crippen LogP contribution is -2.53. The van der Waals surface area contributed by atoms with Crippen LogP contribution in [0.15, 0.2) is 30.3 Å². The Morgan fingerprint density at radius 2 is 2.09 bits per heavy atom. The van der Waals surface area contributed by atoms with Gasteiger partial charge in [-0.05, 0) is 24.3 Å². The molecule has 0 aliphatic carbocycles. The fourth-order valence-corrected chi connectivity index (χ4v) is 3.40. The van der Waals surface area contributed by atoms with E-state index in [1.807, 2.05) is 13.0 Å². The Morgan fingerprint density at radius 1 is 1.36 bits per heavy atom. The van der Waals surface area contributed by atoms with Crippen molar-refractivity contribution in [1.29, 1.82) is 0 Å². The third-order valence-corrected chi connectivity index (χ3v) is 4.30. The molecule has 4 nitrogen and oxygen atoms in total. The van der Waals surface area contributed by atoms with Gasteiger partial charge in [0.1, 0.15) is 6.04 Å². The van der Waals surface area contributed by atoms with Crippen LogP contribution < -0.4 is 5.32 Å². The fourth-order valence-electron chi connectivity index (χ4n) is 3.40. The van der Waals surface area contributed by atoms with Crippen molar-refractivity contribution in [3.63, 3.8) is 0 Å². The van der Waals surface area contributed by atoms with Crippen LogP contribution in [0.1, 0.15) is 38.7 Å². The van der Waals surface area contributed by atoms with Crippen molar-refractivity contribution >= 4 is 5.97 Å². The molecule has 0 radical (unpaired) electrons. The van der Waals surface area contributed by atoms with E-state index in [-0.39, 0.29) is 6.04 Å². The molecule has 1 fully saturated rings. The highest BCUT2D eigenvalue weighted by atomic mass is 16.4. The minimum Gasteiger partial charge on any atom is -0.480 e. The number of nitrogens with one attached hydrogen (secondary N) is 1. The van der Waals surface area contributed by atoms with E-state index < -0.39 is 12.0 Å². The monoisotopic (exact) mass is 304 g/mol. The molecule has 1 aromatic carbocycles. The molecular formula is C18H28N2O2. The zero-order valence-electron chi connectivity index (χ0n) is 13.7. The molecule has 1 saturated heterocycles. The second kappa shape index (κ2) is 8.30. The number of aliphatic carboxylic acids is 1. The molecule has 0 spiro atoms. The van der Waals surface area contributed by atoms with E-state index in [2.05, 4.69) is 41.4 Å². The van der Waals surface area contributed by atoms with Gasteiger partial charge < -0.3 is 10.4 Å². The molecule has 0 aromatic heterocycles. The SMILES string of the molecule is CCCC(NC1CC(C)CN(Cc2ccccc2)C1)C(=O)O. The Kier molecular flexibility index (Phi) is 6.40. The number of carboxylic acids is 1. The Morgan fingerprint density at radius 3 is 2.73 bits per heavy atom. The molecule has 1 aromatic rings. The molecule has 4 heteroatoms. The first-order chi connectivity index (χ1) is 10.6. The molecule has 0 bridgehead atoms. The van der Waals surface area contributed by atoms with Crippen LogP contribution in [0.3, 0.4) is 0 Å². The fraction of sp³-hybridized carbons (Fsp3) is 0.611. The average molecular weight is 304 g/mol. The summed E-state index contributed by atoms with van der Waals surface area (Å²) in [5.74, 6) is -0.138. The van der Waals surface area contributed by atoms with E-state index >= 15 is 0 Å². The van der Waals surface area contributed by atoms with Gasteiger partial charge in [-0.15, -0.1) is 0 Å². The van der Waals surface area contributed by atoms with Gasteiger partial charge in [0.15, 0.2) is 0 Å². The van der Waals surface area contributed by atoms with Crippen LogP contribution in [0.25, 0.3) is 0 Å². The molecule has 2 N–H and O–H groups in total. The van der Waals surface area contributed by atoms with Gasteiger partial charge in [0.05, 0.1) is 0 Å². The molecule has 22 heavy (non-hydrogen) atoms. The van der Waals surface area contributed by atoms with Crippen molar-refractivity contribution in [1.82, 2.24) is 10.2 Å². The summed E-state index contributed by atoms with van der Waals surface area (Å²) in [6, 6.07) is 10.3. The van der Waals surface area contributed by atoms with Gasteiger partial charge in [0, 0.05) is 25.7 Å². The van der Waals surface area contributed by atoms with Crippen molar-refractivity contribution < 1.29 is 9.90 Å². The first-order valence-corrected chi connectivity index (χ1v) is 8.33. The van der Waals surface area contributed by atoms with Crippen molar-refractivity contribution in [2.24, 2.45) is 5.92 Å². The third kappa shape index (κ3) is 5.11. The predicted molar refractivity (Wildman–Crippen MR) is 88.8 cm³/mol. The molecule has 2 rings (SSSR count). The molecule has 1 heterocycles. The van der Waals surface area contributed by atoms with Gasteiger partial charge in [0.25, 0.3) is 0 Å². The highest BCUT2D eigenvalue weighted by Gasteiger charge is 2.28. The number of carbonyl (C=O) groups is 1.